The predicted octanol–water partition coefficient (Wildman–Crippen LogP) is 3.58. The maximum atomic E-state index is 3.37. The summed E-state index contributed by atoms with van der Waals surface area (Å²) in [6.45, 7) is 5.90. The van der Waals surface area contributed by atoms with E-state index in [2.05, 4.69) is 54.2 Å². The number of benzene rings is 1. The fraction of sp³-hybridized carbons (Fsp3) is 0.500. The number of fused-ring (bicyclic) bond motifs is 1. The van der Waals surface area contributed by atoms with Crippen LogP contribution in [0, 0.1) is 0 Å². The van der Waals surface area contributed by atoms with E-state index in [0.717, 1.165) is 18.5 Å². The number of hydrogen-bond donors (Lipinski definition) is 1. The number of H-pyrrole nitrogens is 1. The zero-order valence-corrected chi connectivity index (χ0v) is 11.3. The molecule has 2 unspecified atom stereocenters. The minimum absolute atomic E-state index is 0.755. The summed E-state index contributed by atoms with van der Waals surface area (Å²) in [7, 11) is 0. The lowest BCUT2D eigenvalue weighted by atomic mass is 10.1. The van der Waals surface area contributed by atoms with Crippen LogP contribution < -0.4 is 0 Å². The van der Waals surface area contributed by atoms with Crippen LogP contribution in [0.25, 0.3) is 10.9 Å². The molecule has 0 radical (unpaired) electrons. The van der Waals surface area contributed by atoms with Gasteiger partial charge in [-0.2, -0.15) is 0 Å². The molecule has 3 rings (SSSR count). The average Bonchev–Trinajstić information content (AvgIpc) is 2.93. The fourth-order valence-electron chi connectivity index (χ4n) is 3.28. The van der Waals surface area contributed by atoms with Gasteiger partial charge in [0.05, 0.1) is 0 Å². The molecule has 96 valence electrons. The Balaban J connectivity index is 1.73. The number of hydrogen-bond acceptors (Lipinski definition) is 1. The summed E-state index contributed by atoms with van der Waals surface area (Å²) < 4.78 is 0. The minimum Gasteiger partial charge on any atom is -0.361 e. The maximum absolute atomic E-state index is 3.37. The lowest BCUT2D eigenvalue weighted by Crippen LogP contribution is -2.34. The van der Waals surface area contributed by atoms with Gasteiger partial charge in [0, 0.05) is 35.7 Å². The molecule has 18 heavy (non-hydrogen) atoms. The normalized spacial score (nSPS) is 25.0. The Bertz CT molecular complexity index is 519. The summed E-state index contributed by atoms with van der Waals surface area (Å²) in [5.41, 5.74) is 2.71. The second kappa shape index (κ2) is 4.77. The molecule has 2 heteroatoms. The topological polar surface area (TPSA) is 19.0 Å². The molecule has 1 aromatic carbocycles. The van der Waals surface area contributed by atoms with Crippen LogP contribution in [-0.2, 0) is 6.42 Å². The van der Waals surface area contributed by atoms with Crippen LogP contribution >= 0.6 is 0 Å². The Hall–Kier alpha value is -1.28. The number of nitrogens with one attached hydrogen (secondary N) is 1. The van der Waals surface area contributed by atoms with Gasteiger partial charge < -0.3 is 4.98 Å². The number of aromatic amines is 1. The first-order valence-electron chi connectivity index (χ1n) is 7.06. The highest BCUT2D eigenvalue weighted by Gasteiger charge is 2.26. The van der Waals surface area contributed by atoms with Gasteiger partial charge >= 0.3 is 0 Å². The second-order valence-corrected chi connectivity index (χ2v) is 5.62. The monoisotopic (exact) mass is 242 g/mol. The van der Waals surface area contributed by atoms with Gasteiger partial charge in [-0.15, -0.1) is 0 Å². The van der Waals surface area contributed by atoms with E-state index in [1.165, 1.54) is 35.9 Å². The zero-order valence-electron chi connectivity index (χ0n) is 11.3. The molecule has 2 aromatic rings. The largest absolute Gasteiger partial charge is 0.361 e. The van der Waals surface area contributed by atoms with E-state index in [9.17, 15) is 0 Å². The molecule has 0 spiro atoms. The van der Waals surface area contributed by atoms with Crippen LogP contribution in [0.1, 0.15) is 32.3 Å². The van der Waals surface area contributed by atoms with Crippen molar-refractivity contribution < 1.29 is 0 Å². The molecule has 1 aliphatic heterocycles. The Morgan fingerprint density at radius 3 is 2.67 bits per heavy atom. The fourth-order valence-corrected chi connectivity index (χ4v) is 3.28. The van der Waals surface area contributed by atoms with E-state index in [-0.39, 0.29) is 0 Å². The van der Waals surface area contributed by atoms with Crippen molar-refractivity contribution in [3.63, 3.8) is 0 Å². The number of aromatic nitrogens is 1. The molecule has 1 aliphatic rings. The Morgan fingerprint density at radius 2 is 1.89 bits per heavy atom. The molecule has 1 aromatic heterocycles. The highest BCUT2D eigenvalue weighted by molar-refractivity contribution is 5.83. The molecular weight excluding hydrogens is 220 g/mol. The minimum atomic E-state index is 0.755. The van der Waals surface area contributed by atoms with Gasteiger partial charge in [0.15, 0.2) is 0 Å². The van der Waals surface area contributed by atoms with Crippen molar-refractivity contribution in [1.82, 2.24) is 9.88 Å². The van der Waals surface area contributed by atoms with Gasteiger partial charge in [0.1, 0.15) is 0 Å². The van der Waals surface area contributed by atoms with Gasteiger partial charge in [-0.05, 0) is 44.7 Å². The SMILES string of the molecule is CC1CCC(C)N1CCc1c[nH]c2ccccc12. The quantitative estimate of drug-likeness (QED) is 0.871. The summed E-state index contributed by atoms with van der Waals surface area (Å²) in [6, 6.07) is 10.1. The lowest BCUT2D eigenvalue weighted by Gasteiger charge is -2.25. The summed E-state index contributed by atoms with van der Waals surface area (Å²) in [6.07, 6.45) is 6.04. The second-order valence-electron chi connectivity index (χ2n) is 5.62. The van der Waals surface area contributed by atoms with Crippen molar-refractivity contribution >= 4 is 10.9 Å². The molecule has 1 saturated heterocycles. The molecule has 0 bridgehead atoms. The van der Waals surface area contributed by atoms with Gasteiger partial charge in [-0.3, -0.25) is 4.90 Å². The summed E-state index contributed by atoms with van der Waals surface area (Å²) in [5.74, 6) is 0. The number of nitrogens with zero attached hydrogens (tertiary/aromatic N) is 1. The van der Waals surface area contributed by atoms with E-state index >= 15 is 0 Å². The molecule has 0 aliphatic carbocycles. The van der Waals surface area contributed by atoms with Gasteiger partial charge in [-0.25, -0.2) is 0 Å². The molecule has 0 amide bonds. The summed E-state index contributed by atoms with van der Waals surface area (Å²) in [5, 5.41) is 1.39. The summed E-state index contributed by atoms with van der Waals surface area (Å²) >= 11 is 0. The first kappa shape index (κ1) is 11.8. The van der Waals surface area contributed by atoms with Crippen LogP contribution in [0.2, 0.25) is 0 Å². The Kier molecular flexibility index (Phi) is 3.13. The zero-order chi connectivity index (χ0) is 12.5. The molecule has 1 fully saturated rings. The van der Waals surface area contributed by atoms with Crippen LogP contribution in [0.15, 0.2) is 30.5 Å². The number of rotatable bonds is 3. The average molecular weight is 242 g/mol. The van der Waals surface area contributed by atoms with E-state index in [1.807, 2.05) is 0 Å². The van der Waals surface area contributed by atoms with E-state index in [4.69, 9.17) is 0 Å². The van der Waals surface area contributed by atoms with Crippen LogP contribution in [0.4, 0.5) is 0 Å². The molecule has 2 nitrogen and oxygen atoms in total. The van der Waals surface area contributed by atoms with Crippen LogP contribution in [0.5, 0.6) is 0 Å². The predicted molar refractivity (Wildman–Crippen MR) is 76.9 cm³/mol. The van der Waals surface area contributed by atoms with Crippen molar-refractivity contribution in [3.05, 3.63) is 36.0 Å². The van der Waals surface area contributed by atoms with Gasteiger partial charge in [0.25, 0.3) is 0 Å². The number of para-hydroxylation sites is 1. The van der Waals surface area contributed by atoms with Crippen LogP contribution in [-0.4, -0.2) is 28.5 Å². The van der Waals surface area contributed by atoms with E-state index < -0.39 is 0 Å². The van der Waals surface area contributed by atoms with E-state index in [1.54, 1.807) is 0 Å². The van der Waals surface area contributed by atoms with Crippen molar-refractivity contribution in [3.8, 4) is 0 Å². The lowest BCUT2D eigenvalue weighted by molar-refractivity contribution is 0.217. The van der Waals surface area contributed by atoms with Crippen molar-refractivity contribution in [1.29, 1.82) is 0 Å². The molecule has 1 N–H and O–H groups in total. The van der Waals surface area contributed by atoms with Gasteiger partial charge in [0.2, 0.25) is 0 Å². The standard InChI is InChI=1S/C16H22N2/c1-12-7-8-13(2)18(12)10-9-14-11-17-16-6-4-3-5-15(14)16/h3-6,11-13,17H,7-10H2,1-2H3. The molecule has 2 atom stereocenters. The van der Waals surface area contributed by atoms with Crippen LogP contribution in [0.3, 0.4) is 0 Å². The van der Waals surface area contributed by atoms with Crippen molar-refractivity contribution in [2.45, 2.75) is 45.2 Å². The molecule has 2 heterocycles. The third-order valence-corrected chi connectivity index (χ3v) is 4.45. The first-order chi connectivity index (χ1) is 8.75. The highest BCUT2D eigenvalue weighted by atomic mass is 15.2. The Labute approximate surface area is 109 Å². The summed E-state index contributed by atoms with van der Waals surface area (Å²) in [4.78, 5) is 6.02. The third-order valence-electron chi connectivity index (χ3n) is 4.45. The maximum Gasteiger partial charge on any atom is 0.0456 e. The first-order valence-corrected chi connectivity index (χ1v) is 7.06. The van der Waals surface area contributed by atoms with Crippen molar-refractivity contribution in [2.24, 2.45) is 0 Å². The smallest absolute Gasteiger partial charge is 0.0456 e. The van der Waals surface area contributed by atoms with Crippen molar-refractivity contribution in [2.75, 3.05) is 6.54 Å². The molecule has 0 saturated carbocycles. The third kappa shape index (κ3) is 2.05. The molecular formula is C16H22N2. The highest BCUT2D eigenvalue weighted by Crippen LogP contribution is 2.25. The number of likely N-dealkylation sites (tertiary alicyclic amines) is 1. The Morgan fingerprint density at radius 1 is 1.17 bits per heavy atom. The van der Waals surface area contributed by atoms with E-state index in [0.29, 0.717) is 0 Å². The van der Waals surface area contributed by atoms with Gasteiger partial charge in [-0.1, -0.05) is 18.2 Å².